The minimum Gasteiger partial charge on any atom is -0.468 e. The lowest BCUT2D eigenvalue weighted by molar-refractivity contribution is -0.158. The number of hydrogen-bond acceptors (Lipinski definition) is 6. The second kappa shape index (κ2) is 7.81. The van der Waals surface area contributed by atoms with E-state index in [1.165, 1.54) is 7.11 Å². The van der Waals surface area contributed by atoms with Crippen LogP contribution >= 0.6 is 11.6 Å². The molecule has 2 aliphatic heterocycles. The number of esters is 1. The van der Waals surface area contributed by atoms with Crippen LogP contribution in [0.4, 0.5) is 0 Å². The van der Waals surface area contributed by atoms with Crippen LogP contribution in [0.25, 0.3) is 10.9 Å². The lowest BCUT2D eigenvalue weighted by atomic mass is 9.91. The van der Waals surface area contributed by atoms with Gasteiger partial charge in [-0.1, -0.05) is 11.6 Å². The summed E-state index contributed by atoms with van der Waals surface area (Å²) in [5.41, 5.74) is 2.54. The number of methoxy groups -OCH3 is 1. The van der Waals surface area contributed by atoms with Crippen molar-refractivity contribution in [1.82, 2.24) is 9.78 Å². The van der Waals surface area contributed by atoms with E-state index in [0.29, 0.717) is 5.02 Å². The highest BCUT2D eigenvalue weighted by molar-refractivity contribution is 6.33. The number of aromatic nitrogens is 2. The fourth-order valence-electron chi connectivity index (χ4n) is 4.00. The zero-order valence-electron chi connectivity index (χ0n) is 15.9. The highest BCUT2D eigenvalue weighted by Crippen LogP contribution is 2.40. The number of rotatable bonds is 3. The number of halogens is 1. The molecule has 3 heterocycles. The maximum atomic E-state index is 12.5. The molecule has 3 unspecified atom stereocenters. The fraction of sp³-hybridized carbons (Fsp3) is 0.550. The van der Waals surface area contributed by atoms with Crippen LogP contribution in [0.15, 0.2) is 12.3 Å². The standard InChI is InChI=1S/C20H23ClN2O5/c1-11-7-14-12(9-22-23(14)17-5-3-4-6-27-17)18(19(11)21)16-8-15(24)13(10-28-16)20(25)26-2/h7,9,13,16-17H,3-6,8,10H2,1-2H3. The number of ether oxygens (including phenoxy) is 3. The van der Waals surface area contributed by atoms with E-state index < -0.39 is 18.0 Å². The van der Waals surface area contributed by atoms with Crippen molar-refractivity contribution < 1.29 is 23.8 Å². The van der Waals surface area contributed by atoms with Crippen LogP contribution in [0.5, 0.6) is 0 Å². The zero-order valence-corrected chi connectivity index (χ0v) is 16.7. The van der Waals surface area contributed by atoms with E-state index in [-0.39, 0.29) is 25.0 Å². The summed E-state index contributed by atoms with van der Waals surface area (Å²) < 4.78 is 18.4. The van der Waals surface area contributed by atoms with Crippen molar-refractivity contribution in [2.75, 3.05) is 20.3 Å². The largest absolute Gasteiger partial charge is 0.468 e. The van der Waals surface area contributed by atoms with Gasteiger partial charge in [0.2, 0.25) is 0 Å². The van der Waals surface area contributed by atoms with Crippen molar-refractivity contribution in [1.29, 1.82) is 0 Å². The van der Waals surface area contributed by atoms with Gasteiger partial charge in [-0.3, -0.25) is 9.59 Å². The molecule has 2 fully saturated rings. The lowest BCUT2D eigenvalue weighted by Crippen LogP contribution is -2.36. The van der Waals surface area contributed by atoms with Crippen molar-refractivity contribution >= 4 is 34.3 Å². The number of carbonyl (C=O) groups excluding carboxylic acids is 2. The van der Waals surface area contributed by atoms with E-state index in [9.17, 15) is 9.59 Å². The third kappa shape index (κ3) is 3.32. The van der Waals surface area contributed by atoms with Gasteiger partial charge in [-0.05, 0) is 37.8 Å². The summed E-state index contributed by atoms with van der Waals surface area (Å²) in [5.74, 6) is -1.64. The monoisotopic (exact) mass is 406 g/mol. The zero-order chi connectivity index (χ0) is 19.8. The minimum absolute atomic E-state index is 0.0121. The Kier molecular flexibility index (Phi) is 5.40. The maximum absolute atomic E-state index is 12.5. The Morgan fingerprint density at radius 2 is 2.18 bits per heavy atom. The van der Waals surface area contributed by atoms with Crippen LogP contribution in [0, 0.1) is 12.8 Å². The molecule has 0 bridgehead atoms. The Hall–Kier alpha value is -1.96. The molecule has 0 spiro atoms. The van der Waals surface area contributed by atoms with Gasteiger partial charge in [0.25, 0.3) is 0 Å². The third-order valence-electron chi connectivity index (χ3n) is 5.54. The van der Waals surface area contributed by atoms with Crippen LogP contribution in [-0.2, 0) is 23.8 Å². The Balaban J connectivity index is 1.71. The van der Waals surface area contributed by atoms with Crippen LogP contribution in [0.3, 0.4) is 0 Å². The SMILES string of the molecule is COC(=O)C1COC(c2c(Cl)c(C)cc3c2cnn3C2CCCCO2)CC1=O. The van der Waals surface area contributed by atoms with Gasteiger partial charge in [0.05, 0.1) is 36.6 Å². The van der Waals surface area contributed by atoms with Crippen molar-refractivity contribution in [2.45, 2.75) is 44.9 Å². The number of carbonyl (C=O) groups is 2. The molecule has 8 heteroatoms. The van der Waals surface area contributed by atoms with Gasteiger partial charge in [0.1, 0.15) is 5.92 Å². The smallest absolute Gasteiger partial charge is 0.318 e. The number of hydrogen-bond donors (Lipinski definition) is 0. The quantitative estimate of drug-likeness (QED) is 0.573. The third-order valence-corrected chi connectivity index (χ3v) is 6.04. The van der Waals surface area contributed by atoms with Crippen molar-refractivity contribution in [2.24, 2.45) is 5.92 Å². The highest BCUT2D eigenvalue weighted by atomic mass is 35.5. The summed E-state index contributed by atoms with van der Waals surface area (Å²) in [6, 6.07) is 1.99. The fourth-order valence-corrected chi connectivity index (χ4v) is 4.28. The second-order valence-electron chi connectivity index (χ2n) is 7.33. The molecule has 7 nitrogen and oxygen atoms in total. The number of aryl methyl sites for hydroxylation is 1. The molecule has 0 amide bonds. The molecular weight excluding hydrogens is 384 g/mol. The lowest BCUT2D eigenvalue weighted by Gasteiger charge is -2.28. The molecule has 0 radical (unpaired) electrons. The number of Topliss-reactive ketones (excluding diaryl/α,β-unsaturated/α-hetero) is 1. The molecule has 150 valence electrons. The maximum Gasteiger partial charge on any atom is 0.318 e. The molecule has 2 saturated heterocycles. The van der Waals surface area contributed by atoms with E-state index in [0.717, 1.165) is 47.9 Å². The first-order valence-corrected chi connectivity index (χ1v) is 9.89. The van der Waals surface area contributed by atoms with Crippen LogP contribution in [0.1, 0.15) is 49.1 Å². The van der Waals surface area contributed by atoms with E-state index in [4.69, 9.17) is 25.8 Å². The van der Waals surface area contributed by atoms with E-state index in [1.54, 1.807) is 6.20 Å². The number of ketones is 1. The summed E-state index contributed by atoms with van der Waals surface area (Å²) in [4.78, 5) is 24.3. The van der Waals surface area contributed by atoms with Gasteiger partial charge in [-0.25, -0.2) is 4.68 Å². The molecule has 28 heavy (non-hydrogen) atoms. The molecule has 2 aromatic rings. The number of benzene rings is 1. The van der Waals surface area contributed by atoms with Crippen LogP contribution in [-0.4, -0.2) is 41.9 Å². The van der Waals surface area contributed by atoms with Crippen LogP contribution in [0.2, 0.25) is 5.02 Å². The number of nitrogens with zero attached hydrogens (tertiary/aromatic N) is 2. The molecule has 0 saturated carbocycles. The molecular formula is C20H23ClN2O5. The summed E-state index contributed by atoms with van der Waals surface area (Å²) in [6.07, 6.45) is 4.28. The van der Waals surface area contributed by atoms with Crippen LogP contribution < -0.4 is 0 Å². The average molecular weight is 407 g/mol. The van der Waals surface area contributed by atoms with E-state index in [2.05, 4.69) is 5.10 Å². The number of fused-ring (bicyclic) bond motifs is 1. The first-order chi connectivity index (χ1) is 13.5. The summed E-state index contributed by atoms with van der Waals surface area (Å²) >= 11 is 6.62. The molecule has 4 rings (SSSR count). The van der Waals surface area contributed by atoms with Crippen molar-refractivity contribution in [3.63, 3.8) is 0 Å². The first kappa shape index (κ1) is 19.4. The molecule has 3 atom stereocenters. The Morgan fingerprint density at radius 3 is 2.86 bits per heavy atom. The molecule has 1 aromatic carbocycles. The normalized spacial score (nSPS) is 25.8. The van der Waals surface area contributed by atoms with Gasteiger partial charge < -0.3 is 14.2 Å². The van der Waals surface area contributed by atoms with Gasteiger partial charge in [0.15, 0.2) is 12.0 Å². The van der Waals surface area contributed by atoms with Crippen molar-refractivity contribution in [3.05, 3.63) is 28.4 Å². The predicted octanol–water partition coefficient (Wildman–Crippen LogP) is 3.52. The molecule has 0 N–H and O–H groups in total. The highest BCUT2D eigenvalue weighted by Gasteiger charge is 2.37. The van der Waals surface area contributed by atoms with Gasteiger partial charge in [0, 0.05) is 24.0 Å². The predicted molar refractivity (Wildman–Crippen MR) is 102 cm³/mol. The average Bonchev–Trinajstić information content (AvgIpc) is 3.12. The Bertz CT molecular complexity index is 919. The topological polar surface area (TPSA) is 79.7 Å². The molecule has 0 aliphatic carbocycles. The van der Waals surface area contributed by atoms with Gasteiger partial charge in [-0.15, -0.1) is 0 Å². The summed E-state index contributed by atoms with van der Waals surface area (Å²) in [5, 5.41) is 5.96. The van der Waals surface area contributed by atoms with Gasteiger partial charge in [-0.2, -0.15) is 5.10 Å². The minimum atomic E-state index is -0.876. The van der Waals surface area contributed by atoms with E-state index >= 15 is 0 Å². The second-order valence-corrected chi connectivity index (χ2v) is 7.71. The first-order valence-electron chi connectivity index (χ1n) is 9.51. The summed E-state index contributed by atoms with van der Waals surface area (Å²) in [7, 11) is 1.27. The molecule has 2 aliphatic rings. The Morgan fingerprint density at radius 1 is 1.36 bits per heavy atom. The van der Waals surface area contributed by atoms with Gasteiger partial charge >= 0.3 is 5.97 Å². The van der Waals surface area contributed by atoms with E-state index in [1.807, 2.05) is 17.7 Å². The summed E-state index contributed by atoms with van der Waals surface area (Å²) in [6.45, 7) is 2.63. The van der Waals surface area contributed by atoms with Crippen molar-refractivity contribution in [3.8, 4) is 0 Å². The Labute approximate surface area is 167 Å². The molecule has 1 aromatic heterocycles.